The number of ketones is 1. The van der Waals surface area contributed by atoms with Gasteiger partial charge in [0, 0.05) is 20.9 Å². The first-order valence-corrected chi connectivity index (χ1v) is 9.15. The molecule has 0 aliphatic heterocycles. The number of carbonyl (C=O) groups is 1. The van der Waals surface area contributed by atoms with Crippen molar-refractivity contribution >= 4 is 40.0 Å². The van der Waals surface area contributed by atoms with Crippen molar-refractivity contribution in [2.24, 2.45) is 0 Å². The highest BCUT2D eigenvalue weighted by Gasteiger charge is 2.39. The molecule has 1 aliphatic rings. The fourth-order valence-corrected chi connectivity index (χ4v) is 4.55. The van der Waals surface area contributed by atoms with E-state index in [0.717, 1.165) is 20.1 Å². The average Bonchev–Trinajstić information content (AvgIpc) is 3.34. The summed E-state index contributed by atoms with van der Waals surface area (Å²) in [5.74, 6) is -0.977. The van der Waals surface area contributed by atoms with Crippen LogP contribution in [-0.4, -0.2) is 30.9 Å². The highest BCUT2D eigenvalue weighted by Crippen LogP contribution is 2.43. The molecular formula is C15H11N5O3S2. The third-order valence-electron chi connectivity index (χ3n) is 4.01. The Morgan fingerprint density at radius 1 is 1.24 bits per heavy atom. The van der Waals surface area contributed by atoms with Gasteiger partial charge in [-0.25, -0.2) is 0 Å². The largest absolute Gasteiger partial charge is 0.514 e. The molecule has 0 aromatic carbocycles. The lowest BCUT2D eigenvalue weighted by Crippen LogP contribution is -2.30. The lowest BCUT2D eigenvalue weighted by Gasteiger charge is -2.27. The van der Waals surface area contributed by atoms with Crippen molar-refractivity contribution < 1.29 is 9.72 Å². The predicted octanol–water partition coefficient (Wildman–Crippen LogP) is 3.09. The predicted molar refractivity (Wildman–Crippen MR) is 92.5 cm³/mol. The van der Waals surface area contributed by atoms with Crippen LogP contribution in [0.2, 0.25) is 0 Å². The molecule has 3 aromatic heterocycles. The summed E-state index contributed by atoms with van der Waals surface area (Å²) in [4.78, 5) is 26.1. The van der Waals surface area contributed by atoms with E-state index in [-0.39, 0.29) is 11.7 Å². The molecule has 3 aromatic rings. The van der Waals surface area contributed by atoms with Gasteiger partial charge in [-0.3, -0.25) is 4.79 Å². The van der Waals surface area contributed by atoms with Crippen molar-refractivity contribution in [1.29, 1.82) is 0 Å². The molecule has 0 spiro atoms. The number of hydrogen-bond acceptors (Lipinski definition) is 8. The van der Waals surface area contributed by atoms with Crippen molar-refractivity contribution in [2.75, 3.05) is 0 Å². The van der Waals surface area contributed by atoms with Gasteiger partial charge in [0.15, 0.2) is 11.8 Å². The van der Waals surface area contributed by atoms with Crippen molar-refractivity contribution in [1.82, 2.24) is 20.2 Å². The lowest BCUT2D eigenvalue weighted by molar-refractivity contribution is -0.394. The summed E-state index contributed by atoms with van der Waals surface area (Å²) in [5, 5.41) is 25.7. The maximum absolute atomic E-state index is 12.8. The summed E-state index contributed by atoms with van der Waals surface area (Å²) in [6, 6.07) is 7.07. The molecule has 3 heterocycles. The zero-order valence-corrected chi connectivity index (χ0v) is 14.3. The Morgan fingerprint density at radius 3 is 2.68 bits per heavy atom. The van der Waals surface area contributed by atoms with E-state index in [1.54, 1.807) is 28.7 Å². The van der Waals surface area contributed by atoms with Gasteiger partial charge in [0.05, 0.1) is 10.2 Å². The van der Waals surface area contributed by atoms with Crippen molar-refractivity contribution in [3.8, 4) is 0 Å². The number of carbonyl (C=O) groups excluding carboxylic acids is 1. The maximum atomic E-state index is 12.8. The molecule has 2 unspecified atom stereocenters. The Balaban J connectivity index is 1.77. The monoisotopic (exact) mass is 373 g/mol. The average molecular weight is 373 g/mol. The van der Waals surface area contributed by atoms with Gasteiger partial charge in [-0.05, 0) is 45.9 Å². The number of hydrogen-bond donors (Lipinski definition) is 0. The summed E-state index contributed by atoms with van der Waals surface area (Å²) in [5.41, 5.74) is 0.962. The van der Waals surface area contributed by atoms with Crippen LogP contribution in [0.4, 0.5) is 5.95 Å². The van der Waals surface area contributed by atoms with Crippen molar-refractivity contribution in [2.45, 2.75) is 18.4 Å². The molecule has 0 N–H and O–H groups in total. The van der Waals surface area contributed by atoms with Gasteiger partial charge in [-0.1, -0.05) is 16.9 Å². The molecule has 2 atom stereocenters. The molecular weight excluding hydrogens is 362 g/mol. The second-order valence-electron chi connectivity index (χ2n) is 5.49. The van der Waals surface area contributed by atoms with Crippen LogP contribution >= 0.6 is 22.7 Å². The lowest BCUT2D eigenvalue weighted by atomic mass is 9.82. The summed E-state index contributed by atoms with van der Waals surface area (Å²) in [7, 11) is 0. The fourth-order valence-electron chi connectivity index (χ4n) is 2.94. The first-order chi connectivity index (χ1) is 12.1. The molecule has 25 heavy (non-hydrogen) atoms. The van der Waals surface area contributed by atoms with E-state index in [9.17, 15) is 14.9 Å². The molecule has 126 valence electrons. The SMILES string of the molecule is O=C1C=C(c2cccs2)CC(c2cccs2)C1n1nnc([N+](=O)[O-])n1. The zero-order chi connectivity index (χ0) is 17.4. The van der Waals surface area contributed by atoms with Gasteiger partial charge >= 0.3 is 5.95 Å². The Hall–Kier alpha value is -2.72. The number of allylic oxidation sites excluding steroid dienone is 2. The van der Waals surface area contributed by atoms with Crippen LogP contribution in [-0.2, 0) is 4.79 Å². The summed E-state index contributed by atoms with van der Waals surface area (Å²) in [6.45, 7) is 0. The number of thiophene rings is 2. The molecule has 0 saturated carbocycles. The minimum atomic E-state index is -0.733. The summed E-state index contributed by atoms with van der Waals surface area (Å²) < 4.78 is 0. The number of nitro groups is 1. The van der Waals surface area contributed by atoms with Crippen LogP contribution in [0.1, 0.15) is 28.1 Å². The van der Waals surface area contributed by atoms with E-state index in [2.05, 4.69) is 15.4 Å². The molecule has 4 rings (SSSR count). The van der Waals surface area contributed by atoms with Crippen LogP contribution < -0.4 is 0 Å². The molecule has 10 heteroatoms. The van der Waals surface area contributed by atoms with Gasteiger partial charge in [-0.2, -0.15) is 0 Å². The third kappa shape index (κ3) is 2.89. The van der Waals surface area contributed by atoms with Crippen LogP contribution in [0.15, 0.2) is 41.1 Å². The quantitative estimate of drug-likeness (QED) is 0.514. The van der Waals surface area contributed by atoms with Crippen LogP contribution in [0.3, 0.4) is 0 Å². The van der Waals surface area contributed by atoms with Gasteiger partial charge in [-0.15, -0.1) is 22.7 Å². The minimum Gasteiger partial charge on any atom is -0.390 e. The van der Waals surface area contributed by atoms with E-state index in [1.165, 1.54) is 0 Å². The number of aromatic nitrogens is 4. The summed E-state index contributed by atoms with van der Waals surface area (Å²) in [6.07, 6.45) is 2.22. The topological polar surface area (TPSA) is 104 Å². The molecule has 0 bridgehead atoms. The first kappa shape index (κ1) is 15.8. The smallest absolute Gasteiger partial charge is 0.390 e. The van der Waals surface area contributed by atoms with E-state index in [0.29, 0.717) is 6.42 Å². The molecule has 1 aliphatic carbocycles. The first-order valence-electron chi connectivity index (χ1n) is 7.39. The van der Waals surface area contributed by atoms with E-state index in [4.69, 9.17) is 0 Å². The minimum absolute atomic E-state index is 0.180. The summed E-state index contributed by atoms with van der Waals surface area (Å²) >= 11 is 3.12. The standard InChI is InChI=1S/C15H11N5O3S2/c21-11-8-9(12-3-1-5-24-12)7-10(13-4-2-6-25-13)14(11)19-17-15(16-18-19)20(22)23/h1-6,8,10,14H,7H2. The second kappa shape index (κ2) is 6.30. The van der Waals surface area contributed by atoms with Gasteiger partial charge < -0.3 is 10.1 Å². The molecule has 0 fully saturated rings. The van der Waals surface area contributed by atoms with Gasteiger partial charge in [0.2, 0.25) is 0 Å². The van der Waals surface area contributed by atoms with Crippen molar-refractivity contribution in [3.63, 3.8) is 0 Å². The molecule has 0 radical (unpaired) electrons. The number of nitrogens with zero attached hydrogens (tertiary/aromatic N) is 5. The Bertz CT molecular complexity index is 946. The zero-order valence-electron chi connectivity index (χ0n) is 12.7. The maximum Gasteiger partial charge on any atom is 0.514 e. The Labute approximate surface area is 149 Å². The van der Waals surface area contributed by atoms with Crippen LogP contribution in [0.5, 0.6) is 0 Å². The Kier molecular flexibility index (Phi) is 3.98. The van der Waals surface area contributed by atoms with Gasteiger partial charge in [0.1, 0.15) is 0 Å². The third-order valence-corrected chi connectivity index (χ3v) is 5.95. The fraction of sp³-hybridized carbons (Fsp3) is 0.200. The van der Waals surface area contributed by atoms with Crippen LogP contribution in [0, 0.1) is 10.1 Å². The highest BCUT2D eigenvalue weighted by atomic mass is 32.1. The van der Waals surface area contributed by atoms with E-state index in [1.807, 2.05) is 35.0 Å². The van der Waals surface area contributed by atoms with Crippen molar-refractivity contribution in [3.05, 3.63) is 61.0 Å². The van der Waals surface area contributed by atoms with Crippen LogP contribution in [0.25, 0.3) is 5.57 Å². The number of tetrazole rings is 1. The second-order valence-corrected chi connectivity index (χ2v) is 7.41. The highest BCUT2D eigenvalue weighted by molar-refractivity contribution is 7.11. The number of rotatable bonds is 4. The van der Waals surface area contributed by atoms with E-state index < -0.39 is 16.9 Å². The Morgan fingerprint density at radius 2 is 2.04 bits per heavy atom. The normalized spacial score (nSPS) is 20.5. The molecule has 0 amide bonds. The van der Waals surface area contributed by atoms with Gasteiger partial charge in [0.25, 0.3) is 0 Å². The molecule has 8 nitrogen and oxygen atoms in total. The van der Waals surface area contributed by atoms with E-state index >= 15 is 0 Å². The molecule has 0 saturated heterocycles.